The van der Waals surface area contributed by atoms with Crippen molar-refractivity contribution >= 4 is 0 Å². The molecular formula is C109H244. The number of rotatable bonds is 29. The fraction of sp³-hybridized carbons (Fsp3) is 1.00. The molecule has 0 heterocycles. The molecule has 0 amide bonds. The highest BCUT2D eigenvalue weighted by Crippen LogP contribution is 2.33. The summed E-state index contributed by atoms with van der Waals surface area (Å²) in [5, 5.41) is 0. The van der Waals surface area contributed by atoms with Crippen LogP contribution in [-0.4, -0.2) is 0 Å². The molecule has 3 aliphatic rings. The van der Waals surface area contributed by atoms with E-state index in [0.717, 1.165) is 88.8 Å². The molecule has 0 bridgehead atoms. The van der Waals surface area contributed by atoms with Crippen LogP contribution >= 0.6 is 0 Å². The van der Waals surface area contributed by atoms with E-state index in [1.165, 1.54) is 244 Å². The lowest BCUT2D eigenvalue weighted by atomic mass is 9.77. The third-order valence-corrected chi connectivity index (χ3v) is 23.8. The van der Waals surface area contributed by atoms with E-state index in [-0.39, 0.29) is 0 Å². The summed E-state index contributed by atoms with van der Waals surface area (Å²) in [6, 6.07) is 0. The second kappa shape index (κ2) is 96.8. The Kier molecular flexibility index (Phi) is 123. The Morgan fingerprint density at radius 1 is 0.284 bits per heavy atom. The Hall–Kier alpha value is 0. The van der Waals surface area contributed by atoms with Gasteiger partial charge in [0.2, 0.25) is 0 Å². The van der Waals surface area contributed by atoms with Gasteiger partial charge in [-0.3, -0.25) is 0 Å². The van der Waals surface area contributed by atoms with E-state index >= 15 is 0 Å². The lowest BCUT2D eigenvalue weighted by Crippen LogP contribution is -2.18. The summed E-state index contributed by atoms with van der Waals surface area (Å²) in [4.78, 5) is 0. The molecule has 0 aromatic rings. The molecule has 3 rings (SSSR count). The van der Waals surface area contributed by atoms with Crippen molar-refractivity contribution in [3.05, 3.63) is 0 Å². The van der Waals surface area contributed by atoms with Gasteiger partial charge in [0, 0.05) is 0 Å². The van der Waals surface area contributed by atoms with Crippen molar-refractivity contribution in [3.63, 3.8) is 0 Å². The van der Waals surface area contributed by atoms with Crippen molar-refractivity contribution in [2.45, 2.75) is 597 Å². The van der Waals surface area contributed by atoms with Crippen LogP contribution in [-0.2, 0) is 0 Å². The summed E-state index contributed by atoms with van der Waals surface area (Å²) in [5.74, 6) is 14.2. The highest BCUT2D eigenvalue weighted by molar-refractivity contribution is 4.73. The molecule has 0 nitrogen and oxygen atoms in total. The van der Waals surface area contributed by atoms with Gasteiger partial charge >= 0.3 is 0 Å². The maximum absolute atomic E-state index is 2.34. The predicted octanol–water partition coefficient (Wildman–Crippen LogP) is 42.8. The van der Waals surface area contributed by atoms with Crippen LogP contribution in [0.5, 0.6) is 0 Å². The molecule has 680 valence electrons. The molecule has 2 unspecified atom stereocenters. The van der Waals surface area contributed by atoms with Crippen LogP contribution in [0.2, 0.25) is 0 Å². The van der Waals surface area contributed by atoms with E-state index in [1.807, 2.05) is 0 Å². The van der Waals surface area contributed by atoms with Crippen LogP contribution < -0.4 is 0 Å². The molecule has 0 aromatic heterocycles. The van der Waals surface area contributed by atoms with Crippen LogP contribution in [0.25, 0.3) is 0 Å². The maximum Gasteiger partial charge on any atom is -0.0359 e. The van der Waals surface area contributed by atoms with Crippen molar-refractivity contribution < 1.29 is 0 Å². The molecule has 0 spiro atoms. The Morgan fingerprint density at radius 3 is 0.606 bits per heavy atom. The van der Waals surface area contributed by atoms with Crippen molar-refractivity contribution in [1.29, 1.82) is 0 Å². The molecule has 3 aliphatic carbocycles. The van der Waals surface area contributed by atoms with Gasteiger partial charge in [-0.05, 0) is 148 Å². The van der Waals surface area contributed by atoms with Crippen molar-refractivity contribution in [2.75, 3.05) is 0 Å². The van der Waals surface area contributed by atoms with Crippen molar-refractivity contribution in [2.24, 2.45) is 116 Å². The lowest BCUT2D eigenvalue weighted by Gasteiger charge is -2.29. The first kappa shape index (κ1) is 138. The van der Waals surface area contributed by atoms with Crippen LogP contribution in [0, 0.1) is 116 Å². The largest absolute Gasteiger partial charge is 0.0654 e. The van der Waals surface area contributed by atoms with E-state index in [4.69, 9.17) is 0 Å². The van der Waals surface area contributed by atoms with Crippen molar-refractivity contribution in [3.8, 4) is 0 Å². The highest BCUT2D eigenvalue weighted by atomic mass is 14.3. The minimum Gasteiger partial charge on any atom is -0.0654 e. The standard InChI is InChI=1S/13C7H16.3C6H12/c1-6(2)7(3,4)5;1-6(2)5-7(3)4;2*1-5-6-7(2,3)4;2*1-5-7(3,4)6-2;1-5-7(4)6(2)3;2*1-4-5-6-7(2)3;2*1-4-6-7(3)5-2;1-4-7(5-2)6-3;1-3-5-7-6-4-2;1-5-3-6(2)4-5;1-5-3-4-6(5)2;1-6-4-2-3-5-6/h6H,1-5H3;6-7H,5H2,1-4H3;4*5-6H2,1-4H3;6-7H,5H2,1-4H3;5*7H,4-6H2,1-3H3;3-7H2,1-2H3;2*5-6H,3-4H2,1-2H3;6H,2-5H2,1H3/t;;;;;;7-;;;7-;;;;;5-,6?;/m......0..1....1./s1. The second-order valence-corrected chi connectivity index (χ2v) is 43.0. The summed E-state index contributed by atoms with van der Waals surface area (Å²) in [5.41, 5.74) is 2.77. The molecule has 0 N–H and O–H groups in total. The maximum atomic E-state index is 2.34. The third-order valence-electron chi connectivity index (χ3n) is 23.8. The van der Waals surface area contributed by atoms with Gasteiger partial charge in [-0.2, -0.15) is 0 Å². The molecule has 5 atom stereocenters. The Balaban J connectivity index is -0.0000000820. The average Bonchev–Trinajstić information content (AvgIpc) is 1.67. The molecule has 0 heteroatoms. The van der Waals surface area contributed by atoms with Gasteiger partial charge in [0.25, 0.3) is 0 Å². The quantitative estimate of drug-likeness (QED) is 0.0655. The van der Waals surface area contributed by atoms with Crippen LogP contribution in [0.4, 0.5) is 0 Å². The van der Waals surface area contributed by atoms with Gasteiger partial charge < -0.3 is 0 Å². The second-order valence-electron chi connectivity index (χ2n) is 43.0. The molecule has 0 aliphatic heterocycles. The number of unbranched alkanes of at least 4 members (excludes halogenated alkanes) is 6. The number of hydrogen-bond acceptors (Lipinski definition) is 0. The van der Waals surface area contributed by atoms with E-state index < -0.39 is 0 Å². The summed E-state index contributed by atoms with van der Waals surface area (Å²) in [7, 11) is 0. The summed E-state index contributed by atoms with van der Waals surface area (Å²) >= 11 is 0. The van der Waals surface area contributed by atoms with Crippen molar-refractivity contribution in [1.82, 2.24) is 0 Å². The zero-order valence-corrected chi connectivity index (χ0v) is 89.0. The van der Waals surface area contributed by atoms with Gasteiger partial charge in [0.1, 0.15) is 0 Å². The Labute approximate surface area is 708 Å². The van der Waals surface area contributed by atoms with Gasteiger partial charge in [0.15, 0.2) is 0 Å². The first-order valence-electron chi connectivity index (χ1n) is 50.0. The van der Waals surface area contributed by atoms with Crippen LogP contribution in [0.1, 0.15) is 597 Å². The summed E-state index contributed by atoms with van der Waals surface area (Å²) in [6.07, 6.45) is 52.5. The molecule has 0 aromatic carbocycles. The summed E-state index contributed by atoms with van der Waals surface area (Å²) < 4.78 is 0. The number of hydrogen-bond donors (Lipinski definition) is 0. The van der Waals surface area contributed by atoms with Gasteiger partial charge in [0.05, 0.1) is 0 Å². The summed E-state index contributed by atoms with van der Waals surface area (Å²) in [6.45, 7) is 116. The Morgan fingerprint density at radius 2 is 0.560 bits per heavy atom. The molecule has 3 fully saturated rings. The van der Waals surface area contributed by atoms with Gasteiger partial charge in [-0.15, -0.1) is 0 Å². The van der Waals surface area contributed by atoms with E-state index in [9.17, 15) is 0 Å². The van der Waals surface area contributed by atoms with Gasteiger partial charge in [-0.1, -0.05) is 565 Å². The SMILES string of the molecule is CC(C)C(C)(C)C.CC(C)CC(C)C.CC1CC(C)C1.CC1CCCC1.CC1CC[C@H]1C.CCC(C)(C)CC.CCC(C)(C)CC.CCC(CC)CC.CCCC(C)(C)C.CCCC(C)(C)C.CCCC(C)CC.CCCCC(C)C.CCCCC(C)C.CCCCCCC.CCC[C@H](C)CC.CC[C@H](C)C(C)C. The average molecular weight is 1560 g/mol. The molecule has 0 radical (unpaired) electrons. The zero-order valence-electron chi connectivity index (χ0n) is 89.0. The fourth-order valence-corrected chi connectivity index (χ4v) is 10.8. The van der Waals surface area contributed by atoms with E-state index in [1.54, 1.807) is 0 Å². The molecular weight excluding hydrogens is 1310 g/mol. The molecule has 0 saturated heterocycles. The monoisotopic (exact) mass is 1550 g/mol. The minimum absolute atomic E-state index is 0.500. The lowest BCUT2D eigenvalue weighted by molar-refractivity contribution is 0.219. The fourth-order valence-electron chi connectivity index (χ4n) is 10.8. The molecule has 3 saturated carbocycles. The smallest absolute Gasteiger partial charge is 0.0359 e. The highest BCUT2D eigenvalue weighted by Gasteiger charge is 2.21. The van der Waals surface area contributed by atoms with Crippen LogP contribution in [0.3, 0.4) is 0 Å². The zero-order chi connectivity index (χ0) is 89.0. The third kappa shape index (κ3) is 157. The Bertz CT molecular complexity index is 1370. The predicted molar refractivity (Wildman–Crippen MR) is 529 cm³/mol. The first-order chi connectivity index (χ1) is 50.0. The van der Waals surface area contributed by atoms with E-state index in [0.29, 0.717) is 27.1 Å². The minimum atomic E-state index is 0.500. The van der Waals surface area contributed by atoms with Gasteiger partial charge in [-0.25, -0.2) is 0 Å². The van der Waals surface area contributed by atoms with Crippen LogP contribution in [0.15, 0.2) is 0 Å². The first-order valence-corrected chi connectivity index (χ1v) is 50.0. The van der Waals surface area contributed by atoms with E-state index in [2.05, 4.69) is 353 Å². The molecule has 109 heavy (non-hydrogen) atoms. The normalized spacial score (nSPS) is 16.3. The topological polar surface area (TPSA) is 0 Å².